The van der Waals surface area contributed by atoms with E-state index in [0.717, 1.165) is 0 Å². The normalized spacial score (nSPS) is 24.6. The molecular weight excluding hydrogens is 264 g/mol. The Hall–Kier alpha value is -1.46. The molecular formula is C14H24O6. The Morgan fingerprint density at radius 1 is 0.950 bits per heavy atom. The maximum absolute atomic E-state index is 11.4. The average molecular weight is 288 g/mol. The van der Waals surface area contributed by atoms with Gasteiger partial charge >= 0.3 is 12.3 Å². The maximum atomic E-state index is 11.4. The lowest BCUT2D eigenvalue weighted by Gasteiger charge is -2.38. The minimum Gasteiger partial charge on any atom is -0.435 e. The molecule has 0 heterocycles. The third-order valence-corrected chi connectivity index (χ3v) is 3.14. The summed E-state index contributed by atoms with van der Waals surface area (Å²) in [7, 11) is 0. The van der Waals surface area contributed by atoms with Crippen molar-refractivity contribution in [2.75, 3.05) is 13.2 Å². The van der Waals surface area contributed by atoms with E-state index in [1.54, 1.807) is 13.8 Å². The summed E-state index contributed by atoms with van der Waals surface area (Å²) in [6.45, 7) is 8.09. The number of hydrogen-bond donors (Lipinski definition) is 0. The lowest BCUT2D eigenvalue weighted by Crippen LogP contribution is -2.39. The van der Waals surface area contributed by atoms with E-state index in [2.05, 4.69) is 13.8 Å². The summed E-state index contributed by atoms with van der Waals surface area (Å²) in [6.07, 6.45) is -0.0611. The van der Waals surface area contributed by atoms with Crippen molar-refractivity contribution in [2.24, 2.45) is 5.41 Å². The second-order valence-electron chi connectivity index (χ2n) is 5.65. The second kappa shape index (κ2) is 7.36. The van der Waals surface area contributed by atoms with Crippen LogP contribution in [-0.2, 0) is 18.9 Å². The van der Waals surface area contributed by atoms with Crippen LogP contribution < -0.4 is 0 Å². The predicted octanol–water partition coefficient (Wildman–Crippen LogP) is 3.28. The zero-order valence-corrected chi connectivity index (χ0v) is 12.6. The van der Waals surface area contributed by atoms with Crippen molar-refractivity contribution in [1.29, 1.82) is 0 Å². The first-order valence-corrected chi connectivity index (χ1v) is 7.03. The molecule has 0 N–H and O–H groups in total. The standard InChI is InChI=1S/C14H24O6/c1-5-17-12(15)19-10-7-11(9-14(3,4)8-10)20-13(16)18-6-2/h10-11H,5-9H2,1-4H3. The molecule has 0 aromatic heterocycles. The van der Waals surface area contributed by atoms with Crippen LogP contribution >= 0.6 is 0 Å². The second-order valence-corrected chi connectivity index (χ2v) is 5.65. The van der Waals surface area contributed by atoms with Gasteiger partial charge in [0.05, 0.1) is 13.2 Å². The Labute approximate surface area is 119 Å². The van der Waals surface area contributed by atoms with Gasteiger partial charge in [0.1, 0.15) is 12.2 Å². The van der Waals surface area contributed by atoms with Crippen molar-refractivity contribution in [3.63, 3.8) is 0 Å². The smallest absolute Gasteiger partial charge is 0.435 e. The summed E-state index contributed by atoms with van der Waals surface area (Å²) in [4.78, 5) is 22.8. The van der Waals surface area contributed by atoms with E-state index in [-0.39, 0.29) is 30.8 Å². The van der Waals surface area contributed by atoms with E-state index in [4.69, 9.17) is 18.9 Å². The number of carbonyl (C=O) groups is 2. The Bertz CT molecular complexity index is 309. The highest BCUT2D eigenvalue weighted by Crippen LogP contribution is 2.38. The molecule has 116 valence electrons. The monoisotopic (exact) mass is 288 g/mol. The Morgan fingerprint density at radius 3 is 1.70 bits per heavy atom. The molecule has 0 aliphatic heterocycles. The number of rotatable bonds is 4. The van der Waals surface area contributed by atoms with Gasteiger partial charge in [-0.2, -0.15) is 0 Å². The largest absolute Gasteiger partial charge is 0.508 e. The number of hydrogen-bond acceptors (Lipinski definition) is 6. The minimum absolute atomic E-state index is 0.0768. The fourth-order valence-electron chi connectivity index (χ4n) is 2.53. The van der Waals surface area contributed by atoms with Crippen LogP contribution in [0.2, 0.25) is 0 Å². The van der Waals surface area contributed by atoms with Crippen LogP contribution in [0.4, 0.5) is 9.59 Å². The van der Waals surface area contributed by atoms with Crippen molar-refractivity contribution in [2.45, 2.75) is 59.2 Å². The first-order chi connectivity index (χ1) is 9.36. The van der Waals surface area contributed by atoms with Crippen LogP contribution in [0.25, 0.3) is 0 Å². The SMILES string of the molecule is CCOC(=O)OC1CC(OC(=O)OCC)CC(C)(C)C1. The molecule has 1 aliphatic carbocycles. The van der Waals surface area contributed by atoms with Crippen LogP contribution in [0.15, 0.2) is 0 Å². The third kappa shape index (κ3) is 5.67. The van der Waals surface area contributed by atoms with Crippen molar-refractivity contribution in [3.8, 4) is 0 Å². The van der Waals surface area contributed by atoms with E-state index in [1.807, 2.05) is 0 Å². The Balaban J connectivity index is 2.56. The summed E-state index contributed by atoms with van der Waals surface area (Å²) < 4.78 is 20.0. The summed E-state index contributed by atoms with van der Waals surface area (Å²) in [5.74, 6) is 0. The molecule has 0 saturated heterocycles. The van der Waals surface area contributed by atoms with Crippen LogP contribution in [0.5, 0.6) is 0 Å². The molecule has 0 aromatic rings. The van der Waals surface area contributed by atoms with Gasteiger partial charge in [0, 0.05) is 6.42 Å². The van der Waals surface area contributed by atoms with Crippen molar-refractivity contribution < 1.29 is 28.5 Å². The van der Waals surface area contributed by atoms with Gasteiger partial charge in [-0.3, -0.25) is 0 Å². The molecule has 0 bridgehead atoms. The lowest BCUT2D eigenvalue weighted by molar-refractivity contribution is -0.0619. The van der Waals surface area contributed by atoms with Crippen LogP contribution in [0, 0.1) is 5.41 Å². The molecule has 6 nitrogen and oxygen atoms in total. The van der Waals surface area contributed by atoms with Gasteiger partial charge in [0.15, 0.2) is 0 Å². The molecule has 0 amide bonds. The topological polar surface area (TPSA) is 71.1 Å². The summed E-state index contributed by atoms with van der Waals surface area (Å²) >= 11 is 0. The minimum atomic E-state index is -0.676. The highest BCUT2D eigenvalue weighted by molar-refractivity contribution is 5.60. The van der Waals surface area contributed by atoms with Gasteiger partial charge in [-0.1, -0.05) is 13.8 Å². The number of ether oxygens (including phenoxy) is 4. The first kappa shape index (κ1) is 16.6. The van der Waals surface area contributed by atoms with E-state index in [0.29, 0.717) is 19.3 Å². The van der Waals surface area contributed by atoms with Crippen LogP contribution in [-0.4, -0.2) is 37.7 Å². The van der Waals surface area contributed by atoms with Gasteiger partial charge in [0.2, 0.25) is 0 Å². The molecule has 1 rings (SSSR count). The summed E-state index contributed by atoms with van der Waals surface area (Å²) in [5, 5.41) is 0. The molecule has 0 spiro atoms. The van der Waals surface area contributed by atoms with Crippen LogP contribution in [0.3, 0.4) is 0 Å². The molecule has 1 fully saturated rings. The molecule has 1 aliphatic rings. The predicted molar refractivity (Wildman–Crippen MR) is 71.4 cm³/mol. The van der Waals surface area contributed by atoms with Gasteiger partial charge in [-0.05, 0) is 32.1 Å². The van der Waals surface area contributed by atoms with E-state index in [1.165, 1.54) is 0 Å². The highest BCUT2D eigenvalue weighted by atomic mass is 16.7. The van der Waals surface area contributed by atoms with Gasteiger partial charge < -0.3 is 18.9 Å². The van der Waals surface area contributed by atoms with Gasteiger partial charge in [-0.15, -0.1) is 0 Å². The zero-order chi connectivity index (χ0) is 15.2. The van der Waals surface area contributed by atoms with Gasteiger partial charge in [0.25, 0.3) is 0 Å². The molecule has 2 atom stereocenters. The fourth-order valence-corrected chi connectivity index (χ4v) is 2.53. The Kier molecular flexibility index (Phi) is 6.10. The van der Waals surface area contributed by atoms with E-state index in [9.17, 15) is 9.59 Å². The van der Waals surface area contributed by atoms with Crippen LogP contribution in [0.1, 0.15) is 47.0 Å². The van der Waals surface area contributed by atoms with Gasteiger partial charge in [-0.25, -0.2) is 9.59 Å². The molecule has 20 heavy (non-hydrogen) atoms. The summed E-state index contributed by atoms with van der Waals surface area (Å²) in [5.41, 5.74) is -0.0768. The molecule has 2 unspecified atom stereocenters. The maximum Gasteiger partial charge on any atom is 0.508 e. The van der Waals surface area contributed by atoms with Crippen molar-refractivity contribution in [3.05, 3.63) is 0 Å². The van der Waals surface area contributed by atoms with E-state index >= 15 is 0 Å². The molecule has 0 aromatic carbocycles. The highest BCUT2D eigenvalue weighted by Gasteiger charge is 2.38. The quantitative estimate of drug-likeness (QED) is 0.739. The van der Waals surface area contributed by atoms with E-state index < -0.39 is 12.3 Å². The number of carbonyl (C=O) groups excluding carboxylic acids is 2. The van der Waals surface area contributed by atoms with Crippen molar-refractivity contribution in [1.82, 2.24) is 0 Å². The summed E-state index contributed by atoms with van der Waals surface area (Å²) in [6, 6.07) is 0. The van der Waals surface area contributed by atoms with Crippen molar-refractivity contribution >= 4 is 12.3 Å². The molecule has 0 radical (unpaired) electrons. The third-order valence-electron chi connectivity index (χ3n) is 3.14. The zero-order valence-electron chi connectivity index (χ0n) is 12.6. The molecule has 1 saturated carbocycles. The average Bonchev–Trinajstić information content (AvgIpc) is 2.26. The lowest BCUT2D eigenvalue weighted by atomic mass is 9.74. The first-order valence-electron chi connectivity index (χ1n) is 7.03. The fraction of sp³-hybridized carbons (Fsp3) is 0.857. The Morgan fingerprint density at radius 2 is 1.35 bits per heavy atom. The molecule has 6 heteroatoms.